The molecular weight excluding hydrogens is 359 g/mol. The van der Waals surface area contributed by atoms with Crippen molar-refractivity contribution < 1.29 is 22.7 Å². The van der Waals surface area contributed by atoms with E-state index in [1.807, 2.05) is 0 Å². The first-order chi connectivity index (χ1) is 12.9. The number of hydrogen-bond donors (Lipinski definition) is 2. The Labute approximate surface area is 152 Å². The third kappa shape index (κ3) is 3.52. The van der Waals surface area contributed by atoms with Gasteiger partial charge in [-0.1, -0.05) is 12.1 Å². The summed E-state index contributed by atoms with van der Waals surface area (Å²) in [5.41, 5.74) is 0.379. The molecule has 8 heteroatoms. The second-order valence-electron chi connectivity index (χ2n) is 6.35. The molecule has 2 aromatic carbocycles. The average Bonchev–Trinajstić information content (AvgIpc) is 3.30. The molecule has 1 aliphatic rings. The van der Waals surface area contributed by atoms with E-state index in [4.69, 9.17) is 4.74 Å². The first-order valence-corrected chi connectivity index (χ1v) is 8.50. The number of alkyl halides is 3. The number of carbonyl (C=O) groups is 1. The smallest absolute Gasteiger partial charge is 0.370 e. The van der Waals surface area contributed by atoms with Crippen LogP contribution < -0.4 is 5.32 Å². The normalized spacial score (nSPS) is 17.4. The summed E-state index contributed by atoms with van der Waals surface area (Å²) in [4.78, 5) is 20.0. The van der Waals surface area contributed by atoms with Gasteiger partial charge in [0.25, 0.3) is 5.91 Å². The fourth-order valence-electron chi connectivity index (χ4n) is 3.18. The Kier molecular flexibility index (Phi) is 4.35. The molecule has 0 radical (unpaired) electrons. The van der Waals surface area contributed by atoms with Crippen LogP contribution in [0.5, 0.6) is 0 Å². The van der Waals surface area contributed by atoms with E-state index in [0.29, 0.717) is 29.2 Å². The molecule has 1 aliphatic heterocycles. The second-order valence-corrected chi connectivity index (χ2v) is 6.35. The molecule has 0 unspecified atom stereocenters. The summed E-state index contributed by atoms with van der Waals surface area (Å²) >= 11 is 0. The number of rotatable bonds is 3. The molecule has 27 heavy (non-hydrogen) atoms. The molecule has 5 nitrogen and oxygen atoms in total. The van der Waals surface area contributed by atoms with Crippen molar-refractivity contribution in [3.8, 4) is 0 Å². The molecule has 4 rings (SSSR count). The topological polar surface area (TPSA) is 67.0 Å². The van der Waals surface area contributed by atoms with Crippen molar-refractivity contribution >= 4 is 22.6 Å². The lowest BCUT2D eigenvalue weighted by Gasteiger charge is -2.12. The van der Waals surface area contributed by atoms with Crippen LogP contribution >= 0.6 is 0 Å². The Morgan fingerprint density at radius 3 is 2.78 bits per heavy atom. The van der Waals surface area contributed by atoms with Gasteiger partial charge in [-0.25, -0.2) is 4.98 Å². The second kappa shape index (κ2) is 6.70. The van der Waals surface area contributed by atoms with Crippen molar-refractivity contribution in [2.45, 2.75) is 25.1 Å². The minimum atomic E-state index is -4.60. The molecule has 140 valence electrons. The number of anilines is 1. The highest BCUT2D eigenvalue weighted by molar-refractivity contribution is 6.06. The molecule has 2 N–H and O–H groups in total. The fourth-order valence-corrected chi connectivity index (χ4v) is 3.18. The van der Waals surface area contributed by atoms with E-state index >= 15 is 0 Å². The monoisotopic (exact) mass is 375 g/mol. The Hall–Kier alpha value is -2.87. The van der Waals surface area contributed by atoms with Crippen LogP contribution in [-0.2, 0) is 10.9 Å². The predicted octanol–water partition coefficient (Wildman–Crippen LogP) is 4.69. The van der Waals surface area contributed by atoms with Gasteiger partial charge in [-0.15, -0.1) is 0 Å². The van der Waals surface area contributed by atoms with E-state index in [0.717, 1.165) is 25.0 Å². The van der Waals surface area contributed by atoms with Crippen LogP contribution in [0.3, 0.4) is 0 Å². The molecule has 0 spiro atoms. The maximum Gasteiger partial charge on any atom is 0.417 e. The first kappa shape index (κ1) is 17.5. The number of halogens is 3. The summed E-state index contributed by atoms with van der Waals surface area (Å²) in [6.07, 6.45) is -2.81. The largest absolute Gasteiger partial charge is 0.417 e. The molecule has 1 atom stereocenters. The maximum absolute atomic E-state index is 13.1. The number of imidazole rings is 1. The van der Waals surface area contributed by atoms with E-state index in [-0.39, 0.29) is 6.10 Å². The number of aromatic nitrogens is 2. The van der Waals surface area contributed by atoms with E-state index in [1.54, 1.807) is 18.2 Å². The maximum atomic E-state index is 13.1. The highest BCUT2D eigenvalue weighted by Gasteiger charge is 2.34. The molecule has 1 saturated heterocycles. The highest BCUT2D eigenvalue weighted by atomic mass is 19.4. The zero-order valence-corrected chi connectivity index (χ0v) is 14.1. The number of nitrogens with zero attached hydrogens (tertiary/aromatic N) is 1. The van der Waals surface area contributed by atoms with Gasteiger partial charge < -0.3 is 15.0 Å². The number of carbonyl (C=O) groups excluding carboxylic acids is 1. The summed E-state index contributed by atoms with van der Waals surface area (Å²) in [6, 6.07) is 9.66. The van der Waals surface area contributed by atoms with Crippen LogP contribution in [0.2, 0.25) is 0 Å². The minimum absolute atomic E-state index is 0.0749. The van der Waals surface area contributed by atoms with Crippen LogP contribution in [0.25, 0.3) is 11.0 Å². The van der Waals surface area contributed by atoms with Gasteiger partial charge in [0.2, 0.25) is 0 Å². The van der Waals surface area contributed by atoms with Gasteiger partial charge >= 0.3 is 6.18 Å². The third-order valence-corrected chi connectivity index (χ3v) is 4.47. The fraction of sp³-hybridized carbons (Fsp3) is 0.263. The van der Waals surface area contributed by atoms with Crippen LogP contribution in [0.4, 0.5) is 18.9 Å². The Bertz CT molecular complexity index is 991. The molecule has 0 saturated carbocycles. The Balaban J connectivity index is 1.59. The van der Waals surface area contributed by atoms with Crippen LogP contribution in [0.15, 0.2) is 42.5 Å². The van der Waals surface area contributed by atoms with Crippen LogP contribution in [0.1, 0.15) is 40.7 Å². The average molecular weight is 375 g/mol. The zero-order chi connectivity index (χ0) is 19.0. The number of benzene rings is 2. The van der Waals surface area contributed by atoms with E-state index in [2.05, 4.69) is 15.3 Å². The molecule has 3 aromatic rings. The van der Waals surface area contributed by atoms with Crippen molar-refractivity contribution in [2.75, 3.05) is 11.9 Å². The molecule has 1 fully saturated rings. The van der Waals surface area contributed by atoms with Gasteiger partial charge in [0.15, 0.2) is 0 Å². The predicted molar refractivity (Wildman–Crippen MR) is 93.4 cm³/mol. The number of amides is 1. The molecule has 1 amide bonds. The summed E-state index contributed by atoms with van der Waals surface area (Å²) < 4.78 is 44.9. The van der Waals surface area contributed by atoms with Crippen molar-refractivity contribution in [1.82, 2.24) is 9.97 Å². The van der Waals surface area contributed by atoms with E-state index < -0.39 is 23.2 Å². The molecular formula is C19H16F3N3O2. The van der Waals surface area contributed by atoms with Crippen molar-refractivity contribution in [1.29, 1.82) is 0 Å². The quantitative estimate of drug-likeness (QED) is 0.698. The number of fused-ring (bicyclic) bond motifs is 1. The SMILES string of the molecule is O=C(Nc1ccc2nc([C@H]3CCCO3)[nH]c2c1)c1ccccc1C(F)(F)F. The third-order valence-electron chi connectivity index (χ3n) is 4.47. The van der Waals surface area contributed by atoms with Gasteiger partial charge in [0, 0.05) is 12.3 Å². The van der Waals surface area contributed by atoms with Gasteiger partial charge in [-0.3, -0.25) is 4.79 Å². The lowest BCUT2D eigenvalue weighted by molar-refractivity contribution is -0.137. The van der Waals surface area contributed by atoms with Crippen LogP contribution in [-0.4, -0.2) is 22.5 Å². The summed E-state index contributed by atoms with van der Waals surface area (Å²) in [6.45, 7) is 0.696. The summed E-state index contributed by atoms with van der Waals surface area (Å²) in [7, 11) is 0. The Morgan fingerprint density at radius 2 is 2.04 bits per heavy atom. The summed E-state index contributed by atoms with van der Waals surface area (Å²) in [5.74, 6) is -0.102. The summed E-state index contributed by atoms with van der Waals surface area (Å²) in [5, 5.41) is 2.52. The van der Waals surface area contributed by atoms with Gasteiger partial charge in [0.1, 0.15) is 11.9 Å². The Morgan fingerprint density at radius 1 is 1.22 bits per heavy atom. The lowest BCUT2D eigenvalue weighted by atomic mass is 10.1. The van der Waals surface area contributed by atoms with Gasteiger partial charge in [0.05, 0.1) is 22.2 Å². The van der Waals surface area contributed by atoms with Gasteiger partial charge in [-0.05, 0) is 43.2 Å². The number of nitrogens with one attached hydrogen (secondary N) is 2. The van der Waals surface area contributed by atoms with E-state index in [1.165, 1.54) is 12.1 Å². The van der Waals surface area contributed by atoms with Crippen molar-refractivity contribution in [3.63, 3.8) is 0 Å². The standard InChI is InChI=1S/C19H16F3N3O2/c20-19(21,22)13-5-2-1-4-12(13)18(26)23-11-7-8-14-15(10-11)25-17(24-14)16-6-3-9-27-16/h1-2,4-5,7-8,10,16H,3,6,9H2,(H,23,26)(H,24,25)/t16-/m1/s1. The number of hydrogen-bond acceptors (Lipinski definition) is 3. The number of H-pyrrole nitrogens is 1. The lowest BCUT2D eigenvalue weighted by Crippen LogP contribution is -2.18. The van der Waals surface area contributed by atoms with Gasteiger partial charge in [-0.2, -0.15) is 13.2 Å². The molecule has 1 aromatic heterocycles. The molecule has 0 bridgehead atoms. The highest BCUT2D eigenvalue weighted by Crippen LogP contribution is 2.32. The van der Waals surface area contributed by atoms with Crippen molar-refractivity contribution in [3.05, 3.63) is 59.4 Å². The number of ether oxygens (including phenoxy) is 1. The van der Waals surface area contributed by atoms with E-state index in [9.17, 15) is 18.0 Å². The number of aromatic amines is 1. The van der Waals surface area contributed by atoms with Crippen LogP contribution in [0, 0.1) is 0 Å². The zero-order valence-electron chi connectivity index (χ0n) is 14.1. The molecule has 2 heterocycles. The minimum Gasteiger partial charge on any atom is -0.370 e. The molecule has 0 aliphatic carbocycles. The van der Waals surface area contributed by atoms with Crippen molar-refractivity contribution in [2.24, 2.45) is 0 Å². The first-order valence-electron chi connectivity index (χ1n) is 8.50.